The highest BCUT2D eigenvalue weighted by Crippen LogP contribution is 2.32. The average molecular weight is 394 g/mol. The van der Waals surface area contributed by atoms with Gasteiger partial charge in [0.2, 0.25) is 0 Å². The third-order valence-corrected chi connectivity index (χ3v) is 5.94. The molecule has 6 heteroatoms. The van der Waals surface area contributed by atoms with Crippen LogP contribution in [0.5, 0.6) is 0 Å². The third kappa shape index (κ3) is 3.32. The normalized spacial score (nSPS) is 18.6. The van der Waals surface area contributed by atoms with Gasteiger partial charge >= 0.3 is 0 Å². The van der Waals surface area contributed by atoms with Crippen LogP contribution < -0.4 is 0 Å². The van der Waals surface area contributed by atoms with Gasteiger partial charge in [-0.1, -0.05) is 36.4 Å². The summed E-state index contributed by atoms with van der Waals surface area (Å²) in [5, 5.41) is 0.975. The molecular formula is C23H23FN2O3. The van der Waals surface area contributed by atoms with Gasteiger partial charge in [0.1, 0.15) is 11.5 Å². The topological polar surface area (TPSA) is 43.7 Å². The standard InChI is InChI=1S/C23H23FN2O3/c24-19-7-3-1-6-18(19)16-26-20-8-4-2-5-17(20)15-21(26)22(27)25-11-9-23(10-12-25)28-13-14-29-23/h1-8,15H,9-14,16H2. The van der Waals surface area contributed by atoms with Crippen LogP contribution in [-0.4, -0.2) is 47.5 Å². The van der Waals surface area contributed by atoms with E-state index in [4.69, 9.17) is 9.47 Å². The van der Waals surface area contributed by atoms with Crippen molar-refractivity contribution in [1.29, 1.82) is 0 Å². The van der Waals surface area contributed by atoms with Gasteiger partial charge in [0, 0.05) is 42.4 Å². The van der Waals surface area contributed by atoms with Crippen LogP contribution in [0.1, 0.15) is 28.9 Å². The minimum absolute atomic E-state index is 0.0367. The van der Waals surface area contributed by atoms with Gasteiger partial charge in [-0.25, -0.2) is 4.39 Å². The maximum atomic E-state index is 14.3. The maximum Gasteiger partial charge on any atom is 0.270 e. The molecule has 0 radical (unpaired) electrons. The summed E-state index contributed by atoms with van der Waals surface area (Å²) >= 11 is 0. The Hall–Kier alpha value is -2.70. The predicted octanol–water partition coefficient (Wildman–Crippen LogP) is 3.81. The number of halogens is 1. The second-order valence-corrected chi connectivity index (χ2v) is 7.67. The molecule has 150 valence electrons. The van der Waals surface area contributed by atoms with Gasteiger partial charge in [-0.3, -0.25) is 4.79 Å². The number of para-hydroxylation sites is 1. The smallest absolute Gasteiger partial charge is 0.270 e. The summed E-state index contributed by atoms with van der Waals surface area (Å²) < 4.78 is 27.8. The van der Waals surface area contributed by atoms with Crippen molar-refractivity contribution in [2.24, 2.45) is 0 Å². The molecule has 5 rings (SSSR count). The van der Waals surface area contributed by atoms with Crippen molar-refractivity contribution >= 4 is 16.8 Å². The second-order valence-electron chi connectivity index (χ2n) is 7.67. The fourth-order valence-electron chi connectivity index (χ4n) is 4.35. The molecular weight excluding hydrogens is 371 g/mol. The lowest BCUT2D eigenvalue weighted by molar-refractivity contribution is -0.181. The van der Waals surface area contributed by atoms with Crippen LogP contribution in [-0.2, 0) is 16.0 Å². The number of carbonyl (C=O) groups is 1. The summed E-state index contributed by atoms with van der Waals surface area (Å²) in [5.74, 6) is -0.819. The van der Waals surface area contributed by atoms with Crippen LogP contribution in [0.15, 0.2) is 54.6 Å². The molecule has 3 heterocycles. The predicted molar refractivity (Wildman–Crippen MR) is 107 cm³/mol. The van der Waals surface area contributed by atoms with Gasteiger partial charge < -0.3 is 18.9 Å². The number of benzene rings is 2. The summed E-state index contributed by atoms with van der Waals surface area (Å²) in [6.07, 6.45) is 1.35. The molecule has 1 spiro atoms. The molecule has 2 saturated heterocycles. The van der Waals surface area contributed by atoms with Crippen LogP contribution in [0.2, 0.25) is 0 Å². The largest absolute Gasteiger partial charge is 0.347 e. The van der Waals surface area contributed by atoms with Gasteiger partial charge in [-0.05, 0) is 18.2 Å². The first-order chi connectivity index (χ1) is 14.2. The second kappa shape index (κ2) is 7.28. The van der Waals surface area contributed by atoms with E-state index in [1.807, 2.05) is 45.9 Å². The van der Waals surface area contributed by atoms with Crippen LogP contribution in [0.25, 0.3) is 10.9 Å². The molecule has 1 amide bonds. The van der Waals surface area contributed by atoms with E-state index in [0.717, 1.165) is 10.9 Å². The van der Waals surface area contributed by atoms with E-state index in [9.17, 15) is 9.18 Å². The van der Waals surface area contributed by atoms with E-state index in [1.54, 1.807) is 12.1 Å². The molecule has 0 bridgehead atoms. The van der Waals surface area contributed by atoms with E-state index in [2.05, 4.69) is 0 Å². The quantitative estimate of drug-likeness (QED) is 0.679. The zero-order valence-electron chi connectivity index (χ0n) is 16.1. The van der Waals surface area contributed by atoms with Gasteiger partial charge in [0.05, 0.1) is 19.8 Å². The Morgan fingerprint density at radius 2 is 1.69 bits per heavy atom. The minimum atomic E-state index is -0.517. The van der Waals surface area contributed by atoms with Crippen molar-refractivity contribution in [3.05, 3.63) is 71.7 Å². The molecule has 2 aromatic carbocycles. The molecule has 3 aromatic rings. The number of piperidine rings is 1. The number of nitrogens with zero attached hydrogens (tertiary/aromatic N) is 2. The number of likely N-dealkylation sites (tertiary alicyclic amines) is 1. The Morgan fingerprint density at radius 1 is 1.00 bits per heavy atom. The lowest BCUT2D eigenvalue weighted by atomic mass is 10.0. The molecule has 1 aromatic heterocycles. The first-order valence-corrected chi connectivity index (χ1v) is 10.0. The van der Waals surface area contributed by atoms with Crippen LogP contribution in [0.4, 0.5) is 4.39 Å². The third-order valence-electron chi connectivity index (χ3n) is 5.94. The monoisotopic (exact) mass is 394 g/mol. The number of rotatable bonds is 3. The van der Waals surface area contributed by atoms with Crippen LogP contribution in [0, 0.1) is 5.82 Å². The highest BCUT2D eigenvalue weighted by atomic mass is 19.1. The number of fused-ring (bicyclic) bond motifs is 1. The van der Waals surface area contributed by atoms with Crippen molar-refractivity contribution in [3.8, 4) is 0 Å². The summed E-state index contributed by atoms with van der Waals surface area (Å²) in [4.78, 5) is 15.2. The van der Waals surface area contributed by atoms with Gasteiger partial charge in [0.15, 0.2) is 5.79 Å². The zero-order valence-corrected chi connectivity index (χ0v) is 16.1. The molecule has 0 saturated carbocycles. The molecule has 0 unspecified atom stereocenters. The lowest BCUT2D eigenvalue weighted by Gasteiger charge is -2.37. The highest BCUT2D eigenvalue weighted by Gasteiger charge is 2.41. The number of hydrogen-bond donors (Lipinski definition) is 0. The number of amides is 1. The summed E-state index contributed by atoms with van der Waals surface area (Å²) in [6.45, 7) is 2.71. The fourth-order valence-corrected chi connectivity index (χ4v) is 4.35. The number of hydrogen-bond acceptors (Lipinski definition) is 3. The Labute approximate surface area is 168 Å². The number of aromatic nitrogens is 1. The molecule has 0 atom stereocenters. The first kappa shape index (κ1) is 18.3. The Kier molecular flexibility index (Phi) is 4.60. The Morgan fingerprint density at radius 3 is 2.45 bits per heavy atom. The minimum Gasteiger partial charge on any atom is -0.347 e. The van der Waals surface area contributed by atoms with Crippen molar-refractivity contribution < 1.29 is 18.7 Å². The van der Waals surface area contributed by atoms with Gasteiger partial charge in [0.25, 0.3) is 5.91 Å². The zero-order chi connectivity index (χ0) is 19.8. The number of carbonyl (C=O) groups excluding carboxylic acids is 1. The van der Waals surface area contributed by atoms with E-state index in [0.29, 0.717) is 56.9 Å². The summed E-state index contributed by atoms with van der Waals surface area (Å²) in [6, 6.07) is 16.5. The van der Waals surface area contributed by atoms with Crippen molar-refractivity contribution in [3.63, 3.8) is 0 Å². The molecule has 2 aliphatic heterocycles. The van der Waals surface area contributed by atoms with E-state index >= 15 is 0 Å². The van der Waals surface area contributed by atoms with E-state index in [1.165, 1.54) is 6.07 Å². The fraction of sp³-hybridized carbons (Fsp3) is 0.348. The van der Waals surface area contributed by atoms with E-state index < -0.39 is 5.79 Å². The number of ether oxygens (including phenoxy) is 2. The van der Waals surface area contributed by atoms with Crippen molar-refractivity contribution in [2.75, 3.05) is 26.3 Å². The molecule has 29 heavy (non-hydrogen) atoms. The van der Waals surface area contributed by atoms with E-state index in [-0.39, 0.29) is 11.7 Å². The lowest BCUT2D eigenvalue weighted by Crippen LogP contribution is -2.47. The first-order valence-electron chi connectivity index (χ1n) is 10.0. The molecule has 2 aliphatic rings. The van der Waals surface area contributed by atoms with Gasteiger partial charge in [-0.15, -0.1) is 0 Å². The van der Waals surface area contributed by atoms with Crippen LogP contribution in [0.3, 0.4) is 0 Å². The molecule has 0 aliphatic carbocycles. The molecule has 2 fully saturated rings. The van der Waals surface area contributed by atoms with Gasteiger partial charge in [-0.2, -0.15) is 0 Å². The average Bonchev–Trinajstić information content (AvgIpc) is 3.35. The summed E-state index contributed by atoms with van der Waals surface area (Å²) in [5.41, 5.74) is 2.07. The maximum absolute atomic E-state index is 14.3. The van der Waals surface area contributed by atoms with Crippen LogP contribution >= 0.6 is 0 Å². The Balaban J connectivity index is 1.46. The molecule has 5 nitrogen and oxygen atoms in total. The van der Waals surface area contributed by atoms with Crippen molar-refractivity contribution in [1.82, 2.24) is 9.47 Å². The van der Waals surface area contributed by atoms with Crippen molar-refractivity contribution in [2.45, 2.75) is 25.2 Å². The SMILES string of the molecule is O=C(c1cc2ccccc2n1Cc1ccccc1F)N1CCC2(CC1)OCCO2. The summed E-state index contributed by atoms with van der Waals surface area (Å²) in [7, 11) is 0. The molecule has 0 N–H and O–H groups in total. The highest BCUT2D eigenvalue weighted by molar-refractivity contribution is 5.99. The Bertz CT molecular complexity index is 1050.